The van der Waals surface area contributed by atoms with E-state index in [0.717, 1.165) is 12.8 Å². The minimum atomic E-state index is -0.272. The molecular formula is C19H34N2O3S. The van der Waals surface area contributed by atoms with Crippen LogP contribution in [0.3, 0.4) is 0 Å². The summed E-state index contributed by atoms with van der Waals surface area (Å²) < 4.78 is 5.67. The number of hydrogen-bond acceptors (Lipinski definition) is 5. The summed E-state index contributed by atoms with van der Waals surface area (Å²) in [6.07, 6.45) is 2.89. The number of esters is 1. The zero-order valence-electron chi connectivity index (χ0n) is 16.7. The summed E-state index contributed by atoms with van der Waals surface area (Å²) in [6.45, 7) is 9.83. The third-order valence-electron chi connectivity index (χ3n) is 4.83. The van der Waals surface area contributed by atoms with Gasteiger partial charge in [0.2, 0.25) is 5.91 Å². The number of carbonyl (C=O) groups is 2. The Labute approximate surface area is 157 Å². The molecule has 0 radical (unpaired) electrons. The number of carbonyl (C=O) groups excluding carboxylic acids is 2. The summed E-state index contributed by atoms with van der Waals surface area (Å²) in [7, 11) is 3.90. The maximum Gasteiger partial charge on any atom is 0.303 e. The van der Waals surface area contributed by atoms with E-state index in [1.165, 1.54) is 12.6 Å². The molecule has 25 heavy (non-hydrogen) atoms. The van der Waals surface area contributed by atoms with Crippen molar-refractivity contribution < 1.29 is 14.3 Å². The van der Waals surface area contributed by atoms with Crippen LogP contribution in [0.2, 0.25) is 0 Å². The summed E-state index contributed by atoms with van der Waals surface area (Å²) >= 11 is 1.68. The minimum absolute atomic E-state index is 0.0450. The second-order valence-electron chi connectivity index (χ2n) is 7.20. The highest BCUT2D eigenvalue weighted by atomic mass is 32.2. The fourth-order valence-electron chi connectivity index (χ4n) is 3.12. The van der Waals surface area contributed by atoms with Crippen LogP contribution in [0.4, 0.5) is 0 Å². The van der Waals surface area contributed by atoms with Crippen LogP contribution in [-0.2, 0) is 14.3 Å². The average Bonchev–Trinajstić information content (AvgIpc) is 2.87. The van der Waals surface area contributed by atoms with Gasteiger partial charge >= 0.3 is 5.97 Å². The largest absolute Gasteiger partial charge is 0.459 e. The van der Waals surface area contributed by atoms with Gasteiger partial charge in [0.1, 0.15) is 11.5 Å². The molecule has 144 valence electrons. The highest BCUT2D eigenvalue weighted by Gasteiger charge is 2.36. The quantitative estimate of drug-likeness (QED) is 0.577. The van der Waals surface area contributed by atoms with Crippen molar-refractivity contribution in [2.75, 3.05) is 14.1 Å². The first kappa shape index (κ1) is 21.9. The highest BCUT2D eigenvalue weighted by molar-refractivity contribution is 8.03. The van der Waals surface area contributed by atoms with Crippen LogP contribution in [0.5, 0.6) is 0 Å². The number of likely N-dealkylation sites (N-methyl/N-ethyl adjacent to an activating group) is 1. The molecule has 0 fully saturated rings. The lowest BCUT2D eigenvalue weighted by Crippen LogP contribution is -2.47. The number of hydrogen-bond donors (Lipinski definition) is 0. The van der Waals surface area contributed by atoms with Crippen LogP contribution in [0.25, 0.3) is 0 Å². The van der Waals surface area contributed by atoms with Gasteiger partial charge in [0.15, 0.2) is 0 Å². The number of thioether (sulfide) groups is 1. The second kappa shape index (κ2) is 10.1. The molecule has 0 bridgehead atoms. The summed E-state index contributed by atoms with van der Waals surface area (Å²) in [6, 6.07) is 0.0450. The molecular weight excluding hydrogens is 336 g/mol. The number of allylic oxidation sites excluding steroid dienone is 1. The third kappa shape index (κ3) is 6.24. The molecule has 5 nitrogen and oxygen atoms in total. The van der Waals surface area contributed by atoms with E-state index in [-0.39, 0.29) is 29.4 Å². The van der Waals surface area contributed by atoms with Crippen molar-refractivity contribution >= 4 is 23.6 Å². The van der Waals surface area contributed by atoms with Crippen molar-refractivity contribution in [1.29, 1.82) is 0 Å². The molecule has 1 rings (SSSR count). The van der Waals surface area contributed by atoms with Crippen molar-refractivity contribution in [3.05, 3.63) is 11.1 Å². The number of nitrogens with zero attached hydrogens (tertiary/aromatic N) is 2. The molecule has 0 aromatic rings. The first-order valence-corrected chi connectivity index (χ1v) is 10.1. The van der Waals surface area contributed by atoms with E-state index in [2.05, 4.69) is 38.0 Å². The molecule has 1 amide bonds. The van der Waals surface area contributed by atoms with Crippen molar-refractivity contribution in [1.82, 2.24) is 9.80 Å². The van der Waals surface area contributed by atoms with Gasteiger partial charge in [-0.1, -0.05) is 27.2 Å². The first-order chi connectivity index (χ1) is 11.7. The van der Waals surface area contributed by atoms with Gasteiger partial charge in [0.25, 0.3) is 0 Å². The number of rotatable bonds is 9. The molecule has 1 aliphatic rings. The van der Waals surface area contributed by atoms with Crippen LogP contribution in [-0.4, -0.2) is 53.3 Å². The molecule has 0 aromatic heterocycles. The van der Waals surface area contributed by atoms with Gasteiger partial charge in [-0.2, -0.15) is 0 Å². The molecule has 1 aliphatic heterocycles. The Morgan fingerprint density at radius 1 is 1.40 bits per heavy atom. The van der Waals surface area contributed by atoms with E-state index in [9.17, 15) is 9.59 Å². The second-order valence-corrected chi connectivity index (χ2v) is 8.19. The average molecular weight is 371 g/mol. The van der Waals surface area contributed by atoms with E-state index >= 15 is 0 Å². The predicted octanol–water partition coefficient (Wildman–Crippen LogP) is 3.85. The molecule has 0 saturated carbocycles. The van der Waals surface area contributed by atoms with Crippen LogP contribution in [0.15, 0.2) is 11.1 Å². The Hall–Kier alpha value is -1.17. The van der Waals surface area contributed by atoms with E-state index in [1.54, 1.807) is 11.8 Å². The molecule has 0 spiro atoms. The monoisotopic (exact) mass is 370 g/mol. The maximum atomic E-state index is 12.5. The molecule has 0 saturated heterocycles. The summed E-state index contributed by atoms with van der Waals surface area (Å²) in [5, 5.41) is 2.16. The Kier molecular flexibility index (Phi) is 8.83. The standard InChI is InChI=1S/C19H34N2O3S/c1-8-9-10-18(23)21(7)16(13(2)3)11-17(24-15(5)22)19-20(6)14(4)12-25-19/h12-13,16-17,19H,8-11H2,1-7H3. The van der Waals surface area contributed by atoms with Gasteiger partial charge in [0, 0.05) is 45.6 Å². The summed E-state index contributed by atoms with van der Waals surface area (Å²) in [5.41, 5.74) is 1.17. The Balaban J connectivity index is 2.89. The first-order valence-electron chi connectivity index (χ1n) is 9.16. The smallest absolute Gasteiger partial charge is 0.303 e. The van der Waals surface area contributed by atoms with Crippen molar-refractivity contribution in [2.24, 2.45) is 5.92 Å². The van der Waals surface area contributed by atoms with Gasteiger partial charge in [0.05, 0.1) is 0 Å². The Morgan fingerprint density at radius 3 is 2.48 bits per heavy atom. The fourth-order valence-corrected chi connectivity index (χ4v) is 4.31. The van der Waals surface area contributed by atoms with Crippen LogP contribution < -0.4 is 0 Å². The van der Waals surface area contributed by atoms with Gasteiger partial charge in [-0.25, -0.2) is 0 Å². The highest BCUT2D eigenvalue weighted by Crippen LogP contribution is 2.35. The Bertz CT molecular complexity index is 493. The van der Waals surface area contributed by atoms with E-state index < -0.39 is 0 Å². The molecule has 3 unspecified atom stereocenters. The zero-order chi connectivity index (χ0) is 19.1. The molecule has 1 heterocycles. The van der Waals surface area contributed by atoms with E-state index in [0.29, 0.717) is 18.8 Å². The number of unbranched alkanes of at least 4 members (excludes halogenated alkanes) is 1. The zero-order valence-corrected chi connectivity index (χ0v) is 17.6. The van der Waals surface area contributed by atoms with Gasteiger partial charge in [-0.05, 0) is 24.7 Å². The Morgan fingerprint density at radius 2 is 2.04 bits per heavy atom. The number of ether oxygens (including phenoxy) is 1. The summed E-state index contributed by atoms with van der Waals surface area (Å²) in [4.78, 5) is 28.1. The number of amides is 1. The molecule has 6 heteroatoms. The lowest BCUT2D eigenvalue weighted by molar-refractivity contribution is -0.149. The molecule has 3 atom stereocenters. The van der Waals surface area contributed by atoms with E-state index in [4.69, 9.17) is 4.74 Å². The van der Waals surface area contributed by atoms with E-state index in [1.807, 2.05) is 19.0 Å². The molecule has 0 aromatic carbocycles. The van der Waals surface area contributed by atoms with Crippen molar-refractivity contribution in [3.63, 3.8) is 0 Å². The van der Waals surface area contributed by atoms with Crippen molar-refractivity contribution in [3.8, 4) is 0 Å². The van der Waals surface area contributed by atoms with Crippen LogP contribution >= 0.6 is 11.8 Å². The van der Waals surface area contributed by atoms with Gasteiger partial charge in [-0.3, -0.25) is 9.59 Å². The lowest BCUT2D eigenvalue weighted by Gasteiger charge is -2.37. The van der Waals surface area contributed by atoms with Gasteiger partial charge in [-0.15, -0.1) is 11.8 Å². The van der Waals surface area contributed by atoms with Crippen molar-refractivity contribution in [2.45, 2.75) is 77.8 Å². The molecule has 0 aliphatic carbocycles. The summed E-state index contributed by atoms with van der Waals surface area (Å²) in [5.74, 6) is 0.189. The van der Waals surface area contributed by atoms with Crippen LogP contribution in [0, 0.1) is 5.92 Å². The SMILES string of the molecule is CCCCC(=O)N(C)C(CC(OC(C)=O)C1SC=C(C)N1C)C(C)C. The third-order valence-corrected chi connectivity index (χ3v) is 6.21. The lowest BCUT2D eigenvalue weighted by atomic mass is 9.95. The fraction of sp³-hybridized carbons (Fsp3) is 0.789. The molecule has 0 N–H and O–H groups in total. The van der Waals surface area contributed by atoms with Gasteiger partial charge < -0.3 is 14.5 Å². The van der Waals surface area contributed by atoms with Crippen LogP contribution in [0.1, 0.15) is 60.3 Å². The topological polar surface area (TPSA) is 49.9 Å². The minimum Gasteiger partial charge on any atom is -0.459 e. The predicted molar refractivity (Wildman–Crippen MR) is 104 cm³/mol. The maximum absolute atomic E-state index is 12.5. The normalized spacial score (nSPS) is 19.6.